The Balaban J connectivity index is 1.49. The first-order valence-corrected chi connectivity index (χ1v) is 10.2. The summed E-state index contributed by atoms with van der Waals surface area (Å²) in [6.45, 7) is 0.462. The molecule has 1 amide bonds. The summed E-state index contributed by atoms with van der Waals surface area (Å²) >= 11 is 6.23. The lowest BCUT2D eigenvalue weighted by atomic mass is 10.1. The molecule has 1 N–H and O–H groups in total. The highest BCUT2D eigenvalue weighted by Gasteiger charge is 2.10. The maximum atomic E-state index is 12.4. The average Bonchev–Trinajstić information content (AvgIpc) is 2.80. The summed E-state index contributed by atoms with van der Waals surface area (Å²) in [5.41, 5.74) is 3.27. The van der Waals surface area contributed by atoms with E-state index in [2.05, 4.69) is 15.3 Å². The van der Waals surface area contributed by atoms with Crippen molar-refractivity contribution in [3.63, 3.8) is 0 Å². The van der Waals surface area contributed by atoms with E-state index in [4.69, 9.17) is 16.3 Å². The van der Waals surface area contributed by atoms with Crippen LogP contribution in [-0.2, 0) is 13.0 Å². The maximum Gasteiger partial charge on any atom is 0.258 e. The van der Waals surface area contributed by atoms with Gasteiger partial charge in [-0.25, -0.2) is 4.98 Å². The number of aromatic nitrogens is 2. The maximum absolute atomic E-state index is 12.4. The van der Waals surface area contributed by atoms with E-state index in [9.17, 15) is 4.79 Å². The number of hydrogen-bond acceptors (Lipinski definition) is 4. The van der Waals surface area contributed by atoms with E-state index in [0.29, 0.717) is 29.4 Å². The second-order valence-electron chi connectivity index (χ2n) is 6.91. The van der Waals surface area contributed by atoms with Gasteiger partial charge in [0.1, 0.15) is 18.2 Å². The first kappa shape index (κ1) is 20.6. The van der Waals surface area contributed by atoms with Crippen molar-refractivity contribution in [3.8, 4) is 5.75 Å². The number of ether oxygens (including phenoxy) is 1. The van der Waals surface area contributed by atoms with Crippen molar-refractivity contribution in [2.45, 2.75) is 13.0 Å². The Morgan fingerprint density at radius 3 is 2.65 bits per heavy atom. The largest absolute Gasteiger partial charge is 0.489 e. The monoisotopic (exact) mass is 429 g/mol. The van der Waals surface area contributed by atoms with Crippen molar-refractivity contribution in [1.29, 1.82) is 0 Å². The van der Waals surface area contributed by atoms with Crippen LogP contribution in [0.2, 0.25) is 5.02 Å². The predicted octanol–water partition coefficient (Wildman–Crippen LogP) is 5.55. The Kier molecular flexibility index (Phi) is 6.55. The third kappa shape index (κ3) is 5.68. The van der Waals surface area contributed by atoms with Crippen molar-refractivity contribution in [2.24, 2.45) is 0 Å². The number of nitrogens with zero attached hydrogens (tertiary/aromatic N) is 2. The highest BCUT2D eigenvalue weighted by atomic mass is 35.5. The quantitative estimate of drug-likeness (QED) is 0.418. The van der Waals surface area contributed by atoms with Crippen LogP contribution in [0.15, 0.2) is 91.3 Å². The van der Waals surface area contributed by atoms with Crippen molar-refractivity contribution in [3.05, 3.63) is 119 Å². The SMILES string of the molecule is O=C(Nc1cccc(Cc2cc(Cl)ccc2OCc2ccccc2)n1)c1cccnc1. The molecule has 154 valence electrons. The molecule has 0 aliphatic rings. The van der Waals surface area contributed by atoms with E-state index >= 15 is 0 Å². The highest BCUT2D eigenvalue weighted by molar-refractivity contribution is 6.30. The Morgan fingerprint density at radius 1 is 0.968 bits per heavy atom. The molecule has 4 rings (SSSR count). The van der Waals surface area contributed by atoms with E-state index in [1.807, 2.05) is 60.7 Å². The molecule has 2 aromatic heterocycles. The minimum Gasteiger partial charge on any atom is -0.489 e. The zero-order valence-corrected chi connectivity index (χ0v) is 17.4. The van der Waals surface area contributed by atoms with Gasteiger partial charge in [-0.2, -0.15) is 0 Å². The standard InChI is InChI=1S/C25H20ClN3O2/c26-21-11-12-23(31-17-18-6-2-1-3-7-18)20(14-21)15-22-9-4-10-24(28-22)29-25(30)19-8-5-13-27-16-19/h1-14,16H,15,17H2,(H,28,29,30). The van der Waals surface area contributed by atoms with Crippen LogP contribution < -0.4 is 10.1 Å². The van der Waals surface area contributed by atoms with Crippen LogP contribution in [-0.4, -0.2) is 15.9 Å². The van der Waals surface area contributed by atoms with Crippen LogP contribution in [0, 0.1) is 0 Å². The van der Waals surface area contributed by atoms with Crippen molar-refractivity contribution in [2.75, 3.05) is 5.32 Å². The Labute approximate surface area is 185 Å². The number of nitrogens with one attached hydrogen (secondary N) is 1. The third-order valence-electron chi connectivity index (χ3n) is 4.60. The van der Waals surface area contributed by atoms with Crippen LogP contribution in [0.5, 0.6) is 5.75 Å². The summed E-state index contributed by atoms with van der Waals surface area (Å²) in [5.74, 6) is 0.965. The first-order valence-electron chi connectivity index (χ1n) is 9.80. The average molecular weight is 430 g/mol. The van der Waals surface area contributed by atoms with Crippen LogP contribution in [0.3, 0.4) is 0 Å². The van der Waals surface area contributed by atoms with Crippen LogP contribution in [0.25, 0.3) is 0 Å². The number of anilines is 1. The van der Waals surface area contributed by atoms with Gasteiger partial charge in [0.05, 0.1) is 5.56 Å². The predicted molar refractivity (Wildman–Crippen MR) is 121 cm³/mol. The Bertz CT molecular complexity index is 1170. The molecule has 6 heteroatoms. The van der Waals surface area contributed by atoms with E-state index in [1.165, 1.54) is 6.20 Å². The molecule has 0 radical (unpaired) electrons. The summed E-state index contributed by atoms with van der Waals surface area (Å²) in [6, 6.07) is 24.5. The van der Waals surface area contributed by atoms with Crippen LogP contribution >= 0.6 is 11.6 Å². The summed E-state index contributed by atoms with van der Waals surface area (Å²) in [4.78, 5) is 20.9. The second kappa shape index (κ2) is 9.87. The molecule has 0 spiro atoms. The highest BCUT2D eigenvalue weighted by Crippen LogP contribution is 2.26. The molecule has 2 aromatic carbocycles. The number of hydrogen-bond donors (Lipinski definition) is 1. The fourth-order valence-corrected chi connectivity index (χ4v) is 3.29. The molecule has 5 nitrogen and oxygen atoms in total. The molecule has 0 bridgehead atoms. The van der Waals surface area contributed by atoms with Gasteiger partial charge >= 0.3 is 0 Å². The number of benzene rings is 2. The molecular formula is C25H20ClN3O2. The number of pyridine rings is 2. The Hall–Kier alpha value is -3.70. The number of halogens is 1. The molecule has 0 atom stereocenters. The van der Waals surface area contributed by atoms with Gasteiger partial charge in [0, 0.05) is 35.1 Å². The van der Waals surface area contributed by atoms with Crippen molar-refractivity contribution in [1.82, 2.24) is 9.97 Å². The fraction of sp³-hybridized carbons (Fsp3) is 0.0800. The first-order chi connectivity index (χ1) is 15.2. The molecule has 0 unspecified atom stereocenters. The molecule has 4 aromatic rings. The minimum absolute atomic E-state index is 0.257. The summed E-state index contributed by atoms with van der Waals surface area (Å²) in [6.07, 6.45) is 3.65. The van der Waals surface area contributed by atoms with E-state index in [1.54, 1.807) is 24.4 Å². The molecular weight excluding hydrogens is 410 g/mol. The number of carbonyl (C=O) groups excluding carboxylic acids is 1. The topological polar surface area (TPSA) is 64.1 Å². The zero-order chi connectivity index (χ0) is 21.5. The molecule has 0 aliphatic heterocycles. The number of amides is 1. The second-order valence-corrected chi connectivity index (χ2v) is 7.35. The minimum atomic E-state index is -0.257. The van der Waals surface area contributed by atoms with Gasteiger partial charge in [0.2, 0.25) is 0 Å². The van der Waals surface area contributed by atoms with E-state index < -0.39 is 0 Å². The lowest BCUT2D eigenvalue weighted by Crippen LogP contribution is -2.13. The van der Waals surface area contributed by atoms with Crippen LogP contribution in [0.4, 0.5) is 5.82 Å². The number of carbonyl (C=O) groups is 1. The van der Waals surface area contributed by atoms with Gasteiger partial charge in [-0.1, -0.05) is 48.0 Å². The third-order valence-corrected chi connectivity index (χ3v) is 4.84. The van der Waals surface area contributed by atoms with Gasteiger partial charge in [0.15, 0.2) is 0 Å². The lowest BCUT2D eigenvalue weighted by Gasteiger charge is -2.13. The van der Waals surface area contributed by atoms with E-state index in [-0.39, 0.29) is 5.91 Å². The molecule has 0 saturated heterocycles. The molecule has 2 heterocycles. The molecule has 0 aliphatic carbocycles. The fourth-order valence-electron chi connectivity index (χ4n) is 3.09. The summed E-state index contributed by atoms with van der Waals surface area (Å²) < 4.78 is 6.04. The lowest BCUT2D eigenvalue weighted by molar-refractivity contribution is 0.102. The smallest absolute Gasteiger partial charge is 0.258 e. The van der Waals surface area contributed by atoms with Crippen LogP contribution in [0.1, 0.15) is 27.2 Å². The summed E-state index contributed by atoms with van der Waals surface area (Å²) in [5, 5.41) is 3.44. The van der Waals surface area contributed by atoms with E-state index in [0.717, 1.165) is 22.6 Å². The normalized spacial score (nSPS) is 10.5. The van der Waals surface area contributed by atoms with Crippen molar-refractivity contribution < 1.29 is 9.53 Å². The van der Waals surface area contributed by atoms with Gasteiger partial charge in [-0.05, 0) is 48.0 Å². The molecule has 0 fully saturated rings. The number of rotatable bonds is 7. The van der Waals surface area contributed by atoms with Gasteiger partial charge in [-0.3, -0.25) is 9.78 Å². The summed E-state index contributed by atoms with van der Waals surface area (Å²) in [7, 11) is 0. The Morgan fingerprint density at radius 2 is 1.84 bits per heavy atom. The van der Waals surface area contributed by atoms with Crippen molar-refractivity contribution >= 4 is 23.3 Å². The molecule has 31 heavy (non-hydrogen) atoms. The zero-order valence-electron chi connectivity index (χ0n) is 16.7. The van der Waals surface area contributed by atoms with Gasteiger partial charge < -0.3 is 10.1 Å². The van der Waals surface area contributed by atoms with Gasteiger partial charge in [0.25, 0.3) is 5.91 Å². The van der Waals surface area contributed by atoms with Gasteiger partial charge in [-0.15, -0.1) is 0 Å². The molecule has 0 saturated carbocycles.